The Balaban J connectivity index is 1.62. The van der Waals surface area contributed by atoms with E-state index in [2.05, 4.69) is 0 Å². The highest BCUT2D eigenvalue weighted by Gasteiger charge is 2.63. The second-order valence-electron chi connectivity index (χ2n) is 8.18. The lowest BCUT2D eigenvalue weighted by atomic mass is 9.88. The van der Waals surface area contributed by atoms with Crippen molar-refractivity contribution in [3.05, 3.63) is 58.6 Å². The second-order valence-corrected chi connectivity index (χ2v) is 8.59. The van der Waals surface area contributed by atoms with E-state index in [1.807, 2.05) is 35.3 Å². The maximum atomic E-state index is 13.6. The van der Waals surface area contributed by atoms with Crippen LogP contribution in [0.5, 0.6) is 5.75 Å². The highest BCUT2D eigenvalue weighted by atomic mass is 35.5. The summed E-state index contributed by atoms with van der Waals surface area (Å²) in [7, 11) is 1.60. The Morgan fingerprint density at radius 1 is 1.06 bits per heavy atom. The van der Waals surface area contributed by atoms with Gasteiger partial charge in [-0.3, -0.25) is 14.4 Å². The molecule has 0 spiro atoms. The molecule has 158 valence electrons. The van der Waals surface area contributed by atoms with Crippen LogP contribution in [0, 0.1) is 18.8 Å². The fraction of sp³-hybridized carbons (Fsp3) is 0.292. The quantitative estimate of drug-likeness (QED) is 0.687. The van der Waals surface area contributed by atoms with Gasteiger partial charge in [0.05, 0.1) is 30.7 Å². The summed E-state index contributed by atoms with van der Waals surface area (Å²) in [6, 6.07) is 9.67. The largest absolute Gasteiger partial charge is 0.497 e. The number of hydrogen-bond acceptors (Lipinski definition) is 5. The Bertz CT molecular complexity index is 1170. The molecule has 3 heterocycles. The number of fused-ring (bicyclic) bond motifs is 5. The summed E-state index contributed by atoms with van der Waals surface area (Å²) in [5.41, 5.74) is 2.87. The molecule has 31 heavy (non-hydrogen) atoms. The SMILES string of the molecule is COc1ccc2c(c1)C=C[C@@H]1[C@@H]3C(=O)N(c4cccc(Cl)c4C)C(=O)[C@@H]3[C@H](C(C)=O)N21. The van der Waals surface area contributed by atoms with Gasteiger partial charge in [-0.25, -0.2) is 4.90 Å². The Morgan fingerprint density at radius 3 is 2.52 bits per heavy atom. The molecule has 2 aromatic rings. The summed E-state index contributed by atoms with van der Waals surface area (Å²) >= 11 is 6.25. The molecule has 2 aromatic carbocycles. The van der Waals surface area contributed by atoms with Crippen LogP contribution in [0.15, 0.2) is 42.5 Å². The molecule has 0 N–H and O–H groups in total. The number of carbonyl (C=O) groups excluding carboxylic acids is 3. The van der Waals surface area contributed by atoms with Gasteiger partial charge in [0.1, 0.15) is 11.8 Å². The molecule has 0 saturated carbocycles. The van der Waals surface area contributed by atoms with Gasteiger partial charge in [0, 0.05) is 16.3 Å². The number of nitrogens with zero attached hydrogens (tertiary/aromatic N) is 2. The standard InChI is InChI=1S/C24H21ClN2O4/c1-12-16(25)5-4-6-17(12)27-23(29)20-19-9-7-14-11-15(31-3)8-10-18(14)26(19)22(13(2)28)21(20)24(27)30/h4-11,19-22H,1-3H3/t19-,20+,21+,22+/m1/s1. The van der Waals surface area contributed by atoms with Crippen LogP contribution < -0.4 is 14.5 Å². The van der Waals surface area contributed by atoms with Gasteiger partial charge >= 0.3 is 0 Å². The van der Waals surface area contributed by atoms with Crippen LogP contribution in [0.3, 0.4) is 0 Å². The van der Waals surface area contributed by atoms with Crippen molar-refractivity contribution in [2.45, 2.75) is 25.9 Å². The van der Waals surface area contributed by atoms with Crippen molar-refractivity contribution in [2.24, 2.45) is 11.8 Å². The van der Waals surface area contributed by atoms with Crippen LogP contribution in [-0.4, -0.2) is 36.8 Å². The normalized spacial score (nSPS) is 26.1. The van der Waals surface area contributed by atoms with Gasteiger partial charge in [0.25, 0.3) is 0 Å². The first-order valence-electron chi connectivity index (χ1n) is 10.1. The number of amides is 2. The zero-order valence-corrected chi connectivity index (χ0v) is 18.1. The van der Waals surface area contributed by atoms with E-state index in [1.165, 1.54) is 11.8 Å². The van der Waals surface area contributed by atoms with Crippen LogP contribution in [0.2, 0.25) is 5.02 Å². The summed E-state index contributed by atoms with van der Waals surface area (Å²) in [5.74, 6) is -1.45. The minimum Gasteiger partial charge on any atom is -0.497 e. The molecule has 6 nitrogen and oxygen atoms in total. The van der Waals surface area contributed by atoms with Gasteiger partial charge in [-0.15, -0.1) is 0 Å². The zero-order chi connectivity index (χ0) is 22.0. The Morgan fingerprint density at radius 2 is 1.81 bits per heavy atom. The summed E-state index contributed by atoms with van der Waals surface area (Å²) in [5, 5.41) is 0.486. The average Bonchev–Trinajstić information content (AvgIpc) is 3.23. The third kappa shape index (κ3) is 2.67. The molecule has 3 aliphatic heterocycles. The lowest BCUT2D eigenvalue weighted by Crippen LogP contribution is -2.48. The number of methoxy groups -OCH3 is 1. The van der Waals surface area contributed by atoms with E-state index in [1.54, 1.807) is 32.2 Å². The van der Waals surface area contributed by atoms with Crippen LogP contribution in [0.4, 0.5) is 11.4 Å². The molecule has 5 rings (SSSR count). The number of imide groups is 1. The molecule has 2 amide bonds. The van der Waals surface area contributed by atoms with Crippen molar-refractivity contribution in [2.75, 3.05) is 16.9 Å². The van der Waals surface area contributed by atoms with E-state index in [9.17, 15) is 14.4 Å². The fourth-order valence-electron chi connectivity index (χ4n) is 5.21. The van der Waals surface area contributed by atoms with Crippen molar-refractivity contribution in [3.8, 4) is 5.75 Å². The molecule has 2 saturated heterocycles. The third-order valence-electron chi connectivity index (χ3n) is 6.61. The van der Waals surface area contributed by atoms with Crippen LogP contribution in [-0.2, 0) is 14.4 Å². The molecule has 0 unspecified atom stereocenters. The van der Waals surface area contributed by atoms with E-state index in [0.717, 1.165) is 11.3 Å². The molecule has 0 aliphatic carbocycles. The number of rotatable bonds is 3. The lowest BCUT2D eigenvalue weighted by Gasteiger charge is -2.36. The number of carbonyl (C=O) groups is 3. The maximum absolute atomic E-state index is 13.6. The van der Waals surface area contributed by atoms with Gasteiger partial charge in [-0.05, 0) is 49.7 Å². The van der Waals surface area contributed by atoms with Crippen molar-refractivity contribution < 1.29 is 19.1 Å². The Kier molecular flexibility index (Phi) is 4.45. The van der Waals surface area contributed by atoms with E-state index in [4.69, 9.17) is 16.3 Å². The lowest BCUT2D eigenvalue weighted by molar-refractivity contribution is -0.126. The van der Waals surface area contributed by atoms with E-state index >= 15 is 0 Å². The van der Waals surface area contributed by atoms with E-state index < -0.39 is 17.9 Å². The average molecular weight is 437 g/mol. The minimum absolute atomic E-state index is 0.139. The van der Waals surface area contributed by atoms with Crippen LogP contribution in [0.25, 0.3) is 6.08 Å². The summed E-state index contributed by atoms with van der Waals surface area (Å²) in [6.07, 6.45) is 3.85. The smallest absolute Gasteiger partial charge is 0.240 e. The van der Waals surface area contributed by atoms with Gasteiger partial charge in [-0.2, -0.15) is 0 Å². The highest BCUT2D eigenvalue weighted by molar-refractivity contribution is 6.32. The monoisotopic (exact) mass is 436 g/mol. The molecule has 2 fully saturated rings. The Labute approximate surface area is 185 Å². The number of hydrogen-bond donors (Lipinski definition) is 0. The third-order valence-corrected chi connectivity index (χ3v) is 7.02. The van der Waals surface area contributed by atoms with Gasteiger partial charge in [-0.1, -0.05) is 29.8 Å². The minimum atomic E-state index is -0.744. The molecule has 3 aliphatic rings. The van der Waals surface area contributed by atoms with Crippen molar-refractivity contribution in [1.29, 1.82) is 0 Å². The first kappa shape index (κ1) is 19.8. The first-order chi connectivity index (χ1) is 14.8. The predicted octanol–water partition coefficient (Wildman–Crippen LogP) is 3.64. The van der Waals surface area contributed by atoms with Crippen molar-refractivity contribution >= 4 is 46.6 Å². The fourth-order valence-corrected chi connectivity index (χ4v) is 5.38. The number of Topliss-reactive ketones (excluding diaryl/α,β-unsaturated/α-hetero) is 1. The van der Waals surface area contributed by atoms with Gasteiger partial charge in [0.15, 0.2) is 5.78 Å². The molecule has 7 heteroatoms. The number of benzene rings is 2. The zero-order valence-electron chi connectivity index (χ0n) is 17.3. The second kappa shape index (κ2) is 6.95. The molecular weight excluding hydrogens is 416 g/mol. The highest BCUT2D eigenvalue weighted by Crippen LogP contribution is 2.50. The number of ketones is 1. The number of ether oxygens (including phenoxy) is 1. The predicted molar refractivity (Wildman–Crippen MR) is 118 cm³/mol. The van der Waals surface area contributed by atoms with Gasteiger partial charge < -0.3 is 9.64 Å². The topological polar surface area (TPSA) is 66.9 Å². The number of anilines is 2. The van der Waals surface area contributed by atoms with Crippen molar-refractivity contribution in [1.82, 2.24) is 0 Å². The molecule has 0 radical (unpaired) electrons. The molecule has 0 bridgehead atoms. The Hall–Kier alpha value is -3.12. The van der Waals surface area contributed by atoms with E-state index in [-0.39, 0.29) is 23.6 Å². The maximum Gasteiger partial charge on any atom is 0.240 e. The van der Waals surface area contributed by atoms with E-state index in [0.29, 0.717) is 22.0 Å². The molecule has 4 atom stereocenters. The summed E-state index contributed by atoms with van der Waals surface area (Å²) < 4.78 is 5.31. The van der Waals surface area contributed by atoms with Crippen LogP contribution in [0.1, 0.15) is 18.1 Å². The first-order valence-corrected chi connectivity index (χ1v) is 10.5. The summed E-state index contributed by atoms with van der Waals surface area (Å²) in [4.78, 5) is 43.1. The van der Waals surface area contributed by atoms with Crippen molar-refractivity contribution in [3.63, 3.8) is 0 Å². The summed E-state index contributed by atoms with van der Waals surface area (Å²) in [6.45, 7) is 3.27. The molecular formula is C24H21ClN2O4. The van der Waals surface area contributed by atoms with Gasteiger partial charge in [0.2, 0.25) is 11.8 Å². The van der Waals surface area contributed by atoms with Crippen LogP contribution >= 0.6 is 11.6 Å². The number of halogens is 1. The molecule has 0 aromatic heterocycles.